The van der Waals surface area contributed by atoms with E-state index in [2.05, 4.69) is 13.8 Å². The van der Waals surface area contributed by atoms with E-state index >= 15 is 0 Å². The van der Waals surface area contributed by atoms with Crippen molar-refractivity contribution in [3.05, 3.63) is 0 Å². The third-order valence-corrected chi connectivity index (χ3v) is 3.31. The molecule has 0 radical (unpaired) electrons. The lowest BCUT2D eigenvalue weighted by atomic mass is 9.90. The summed E-state index contributed by atoms with van der Waals surface area (Å²) < 4.78 is 4.78. The molecule has 0 N–H and O–H groups in total. The van der Waals surface area contributed by atoms with Crippen LogP contribution in [0.15, 0.2) is 0 Å². The van der Waals surface area contributed by atoms with Crippen LogP contribution in [0.5, 0.6) is 0 Å². The highest BCUT2D eigenvalue weighted by Gasteiger charge is 2.41. The quantitative estimate of drug-likeness (QED) is 0.661. The standard InChI is InChI=1S/C10H19NO2/c1-4-10(5-2)7-6-8-11(10)9(12)13-3/h4-8H2,1-3H3. The fraction of sp³-hybridized carbons (Fsp3) is 0.900. The SMILES string of the molecule is CCC1(CC)CCCN1C(=O)OC. The maximum Gasteiger partial charge on any atom is 0.409 e. The number of methoxy groups -OCH3 is 1. The summed E-state index contributed by atoms with van der Waals surface area (Å²) in [5.41, 5.74) is 0.0765. The van der Waals surface area contributed by atoms with Gasteiger partial charge in [-0.25, -0.2) is 4.79 Å². The van der Waals surface area contributed by atoms with Crippen LogP contribution in [0.3, 0.4) is 0 Å². The first-order chi connectivity index (χ1) is 6.20. The van der Waals surface area contributed by atoms with Gasteiger partial charge < -0.3 is 9.64 Å². The Labute approximate surface area is 80.1 Å². The molecule has 0 aromatic rings. The molecule has 0 saturated carbocycles. The van der Waals surface area contributed by atoms with E-state index in [1.165, 1.54) is 7.11 Å². The molecule has 1 amide bonds. The van der Waals surface area contributed by atoms with Crippen molar-refractivity contribution in [1.29, 1.82) is 0 Å². The van der Waals surface area contributed by atoms with E-state index in [4.69, 9.17) is 4.74 Å². The fourth-order valence-electron chi connectivity index (χ4n) is 2.32. The summed E-state index contributed by atoms with van der Waals surface area (Å²) in [7, 11) is 1.46. The summed E-state index contributed by atoms with van der Waals surface area (Å²) in [6, 6.07) is 0. The molecule has 13 heavy (non-hydrogen) atoms. The maximum atomic E-state index is 11.5. The zero-order valence-electron chi connectivity index (χ0n) is 8.80. The molecule has 1 heterocycles. The molecule has 1 aliphatic heterocycles. The van der Waals surface area contributed by atoms with E-state index in [1.807, 2.05) is 4.90 Å². The smallest absolute Gasteiger partial charge is 0.409 e. The molecular weight excluding hydrogens is 166 g/mol. The lowest BCUT2D eigenvalue weighted by Gasteiger charge is -2.36. The summed E-state index contributed by atoms with van der Waals surface area (Å²) in [5.74, 6) is 0. The Morgan fingerprint density at radius 2 is 2.08 bits per heavy atom. The highest BCUT2D eigenvalue weighted by Crippen LogP contribution is 2.35. The first kappa shape index (κ1) is 10.4. The summed E-state index contributed by atoms with van der Waals surface area (Å²) in [6.07, 6.45) is 4.12. The molecule has 0 aromatic carbocycles. The minimum Gasteiger partial charge on any atom is -0.453 e. The van der Waals surface area contributed by atoms with Crippen LogP contribution < -0.4 is 0 Å². The third kappa shape index (κ3) is 1.64. The topological polar surface area (TPSA) is 29.5 Å². The normalized spacial score (nSPS) is 20.4. The molecule has 0 atom stereocenters. The Hall–Kier alpha value is -0.730. The van der Waals surface area contributed by atoms with Gasteiger partial charge >= 0.3 is 6.09 Å². The molecule has 76 valence electrons. The summed E-state index contributed by atoms with van der Waals surface area (Å²) >= 11 is 0. The highest BCUT2D eigenvalue weighted by molar-refractivity contribution is 5.69. The molecule has 1 aliphatic rings. The molecule has 3 nitrogen and oxygen atoms in total. The van der Waals surface area contributed by atoms with Gasteiger partial charge in [0.1, 0.15) is 0 Å². The van der Waals surface area contributed by atoms with Gasteiger partial charge in [0.25, 0.3) is 0 Å². The van der Waals surface area contributed by atoms with Crippen molar-refractivity contribution >= 4 is 6.09 Å². The molecule has 1 saturated heterocycles. The molecule has 0 unspecified atom stereocenters. The monoisotopic (exact) mass is 185 g/mol. The molecular formula is C10H19NO2. The van der Waals surface area contributed by atoms with Crippen molar-refractivity contribution in [1.82, 2.24) is 4.90 Å². The second-order valence-electron chi connectivity index (χ2n) is 3.66. The Kier molecular flexibility index (Phi) is 3.17. The number of likely N-dealkylation sites (tertiary alicyclic amines) is 1. The zero-order chi connectivity index (χ0) is 9.90. The number of nitrogens with zero attached hydrogens (tertiary/aromatic N) is 1. The van der Waals surface area contributed by atoms with Crippen molar-refractivity contribution < 1.29 is 9.53 Å². The molecule has 0 bridgehead atoms. The Morgan fingerprint density at radius 3 is 2.54 bits per heavy atom. The van der Waals surface area contributed by atoms with Gasteiger partial charge in [-0.05, 0) is 25.7 Å². The predicted molar refractivity (Wildman–Crippen MR) is 51.7 cm³/mol. The van der Waals surface area contributed by atoms with Crippen LogP contribution in [0, 0.1) is 0 Å². The number of carbonyl (C=O) groups is 1. The van der Waals surface area contributed by atoms with Gasteiger partial charge in [-0.1, -0.05) is 13.8 Å². The number of amides is 1. The summed E-state index contributed by atoms with van der Waals surface area (Å²) in [6.45, 7) is 5.14. The highest BCUT2D eigenvalue weighted by atomic mass is 16.5. The van der Waals surface area contributed by atoms with Gasteiger partial charge in [0.2, 0.25) is 0 Å². The van der Waals surface area contributed by atoms with Crippen molar-refractivity contribution in [3.8, 4) is 0 Å². The van der Waals surface area contributed by atoms with E-state index < -0.39 is 0 Å². The molecule has 0 aliphatic carbocycles. The molecule has 1 fully saturated rings. The van der Waals surface area contributed by atoms with E-state index in [-0.39, 0.29) is 11.6 Å². The zero-order valence-corrected chi connectivity index (χ0v) is 8.80. The third-order valence-electron chi connectivity index (χ3n) is 3.31. The number of rotatable bonds is 2. The van der Waals surface area contributed by atoms with Gasteiger partial charge in [0, 0.05) is 12.1 Å². The number of carbonyl (C=O) groups excluding carboxylic acids is 1. The minimum atomic E-state index is -0.166. The number of hydrogen-bond acceptors (Lipinski definition) is 2. The minimum absolute atomic E-state index is 0.0765. The fourth-order valence-corrected chi connectivity index (χ4v) is 2.32. The first-order valence-corrected chi connectivity index (χ1v) is 5.05. The van der Waals surface area contributed by atoms with Crippen LogP contribution in [0.4, 0.5) is 4.79 Å². The lowest BCUT2D eigenvalue weighted by molar-refractivity contribution is 0.0812. The van der Waals surface area contributed by atoms with Gasteiger partial charge in [-0.15, -0.1) is 0 Å². The Balaban J connectivity index is 2.77. The first-order valence-electron chi connectivity index (χ1n) is 5.05. The lowest BCUT2D eigenvalue weighted by Crippen LogP contribution is -2.46. The predicted octanol–water partition coefficient (Wildman–Crippen LogP) is 2.41. The van der Waals surface area contributed by atoms with Crippen molar-refractivity contribution in [3.63, 3.8) is 0 Å². The average molecular weight is 185 g/mol. The average Bonchev–Trinajstić information content (AvgIpc) is 2.60. The molecule has 3 heteroatoms. The van der Waals surface area contributed by atoms with E-state index in [0.717, 1.165) is 32.2 Å². The van der Waals surface area contributed by atoms with E-state index in [1.54, 1.807) is 0 Å². The van der Waals surface area contributed by atoms with E-state index in [9.17, 15) is 4.79 Å². The molecule has 0 aromatic heterocycles. The van der Waals surface area contributed by atoms with Crippen molar-refractivity contribution in [2.45, 2.75) is 45.1 Å². The second kappa shape index (κ2) is 3.99. The summed E-state index contributed by atoms with van der Waals surface area (Å²) in [5, 5.41) is 0. The van der Waals surface area contributed by atoms with Crippen LogP contribution in [0.2, 0.25) is 0 Å². The van der Waals surface area contributed by atoms with E-state index in [0.29, 0.717) is 0 Å². The second-order valence-corrected chi connectivity index (χ2v) is 3.66. The molecule has 0 spiro atoms. The summed E-state index contributed by atoms with van der Waals surface area (Å²) in [4.78, 5) is 13.3. The van der Waals surface area contributed by atoms with Gasteiger partial charge in [-0.3, -0.25) is 0 Å². The van der Waals surface area contributed by atoms with Crippen LogP contribution in [0.25, 0.3) is 0 Å². The molecule has 1 rings (SSSR count). The van der Waals surface area contributed by atoms with Gasteiger partial charge in [0.05, 0.1) is 7.11 Å². The Morgan fingerprint density at radius 1 is 1.46 bits per heavy atom. The van der Waals surface area contributed by atoms with Gasteiger partial charge in [0.15, 0.2) is 0 Å². The van der Waals surface area contributed by atoms with Crippen LogP contribution in [0.1, 0.15) is 39.5 Å². The largest absolute Gasteiger partial charge is 0.453 e. The van der Waals surface area contributed by atoms with Crippen molar-refractivity contribution in [2.75, 3.05) is 13.7 Å². The number of ether oxygens (including phenoxy) is 1. The van der Waals surface area contributed by atoms with Crippen molar-refractivity contribution in [2.24, 2.45) is 0 Å². The van der Waals surface area contributed by atoms with Crippen LogP contribution in [-0.4, -0.2) is 30.2 Å². The number of hydrogen-bond donors (Lipinski definition) is 0. The van der Waals surface area contributed by atoms with Crippen LogP contribution in [-0.2, 0) is 4.74 Å². The van der Waals surface area contributed by atoms with Crippen LogP contribution >= 0.6 is 0 Å². The Bertz CT molecular complexity index is 187. The maximum absolute atomic E-state index is 11.5. The van der Waals surface area contributed by atoms with Gasteiger partial charge in [-0.2, -0.15) is 0 Å².